The molecule has 0 fully saturated rings. The Balaban J connectivity index is 2.73. The molecule has 0 unspecified atom stereocenters. The van der Waals surface area contributed by atoms with E-state index in [0.717, 1.165) is 6.26 Å². The number of sulfone groups is 1. The maximum atomic E-state index is 11.0. The molecule has 0 aliphatic carbocycles. The average molecular weight is 234 g/mol. The van der Waals surface area contributed by atoms with E-state index < -0.39 is 27.1 Å². The Hall–Kier alpha value is -1.44. The molecule has 8 heteroatoms. The van der Waals surface area contributed by atoms with Crippen LogP contribution in [0.3, 0.4) is 0 Å². The van der Waals surface area contributed by atoms with Crippen molar-refractivity contribution in [1.82, 2.24) is 10.2 Å². The molecule has 0 N–H and O–H groups in total. The smallest absolute Gasteiger partial charge is 0.379 e. The van der Waals surface area contributed by atoms with Crippen molar-refractivity contribution in [3.63, 3.8) is 0 Å². The summed E-state index contributed by atoms with van der Waals surface area (Å²) in [6.07, 6.45) is 1.29. The fourth-order valence-electron chi connectivity index (χ4n) is 0.741. The van der Waals surface area contributed by atoms with Crippen LogP contribution in [0.25, 0.3) is 0 Å². The van der Waals surface area contributed by atoms with Crippen molar-refractivity contribution in [2.45, 2.75) is 25.0 Å². The van der Waals surface area contributed by atoms with E-state index in [-0.39, 0.29) is 6.42 Å². The highest BCUT2D eigenvalue weighted by Crippen LogP contribution is 2.13. The van der Waals surface area contributed by atoms with Crippen molar-refractivity contribution in [2.24, 2.45) is 0 Å². The summed E-state index contributed by atoms with van der Waals surface area (Å²) < 4.78 is 31.0. The zero-order valence-electron chi connectivity index (χ0n) is 8.26. The van der Waals surface area contributed by atoms with E-state index >= 15 is 0 Å². The monoisotopic (exact) mass is 234 g/mol. The van der Waals surface area contributed by atoms with Crippen LogP contribution in [0.5, 0.6) is 6.08 Å². The molecule has 0 aliphatic heterocycles. The third-order valence-corrected chi connectivity index (χ3v) is 2.16. The zero-order valence-corrected chi connectivity index (χ0v) is 9.07. The van der Waals surface area contributed by atoms with Gasteiger partial charge in [-0.15, -0.1) is 0 Å². The molecule has 0 spiro atoms. The quantitative estimate of drug-likeness (QED) is 0.685. The molecule has 0 aliphatic rings. The topological polar surface area (TPSA) is 99.4 Å². The number of aromatic nitrogens is 2. The van der Waals surface area contributed by atoms with Crippen molar-refractivity contribution in [2.75, 3.05) is 6.26 Å². The third-order valence-electron chi connectivity index (χ3n) is 1.36. The van der Waals surface area contributed by atoms with Crippen LogP contribution in [0.15, 0.2) is 9.64 Å². The number of carbonyl (C=O) groups is 1. The van der Waals surface area contributed by atoms with Gasteiger partial charge < -0.3 is 9.15 Å². The summed E-state index contributed by atoms with van der Waals surface area (Å²) in [6.45, 7) is 1.80. The first-order chi connectivity index (χ1) is 6.93. The highest BCUT2D eigenvalue weighted by molar-refractivity contribution is 7.90. The van der Waals surface area contributed by atoms with Gasteiger partial charge in [0.25, 0.3) is 0 Å². The molecule has 0 radical (unpaired) electrons. The Labute approximate surface area is 86.4 Å². The van der Waals surface area contributed by atoms with E-state index in [9.17, 15) is 13.2 Å². The van der Waals surface area contributed by atoms with Crippen LogP contribution in [0.4, 0.5) is 0 Å². The van der Waals surface area contributed by atoms with E-state index in [2.05, 4.69) is 19.4 Å². The van der Waals surface area contributed by atoms with Crippen molar-refractivity contribution >= 4 is 15.8 Å². The SMILES string of the molecule is CCCC(=O)Oc1nnc(S(C)(=O)=O)o1. The van der Waals surface area contributed by atoms with E-state index in [4.69, 9.17) is 0 Å². The molecule has 0 amide bonds. The number of ether oxygens (including phenoxy) is 1. The standard InChI is InChI=1S/C7H10N2O5S/c1-3-4-5(10)13-6-8-9-7(14-6)15(2,11)12/h3-4H2,1-2H3. The number of hydrogen-bond donors (Lipinski definition) is 0. The summed E-state index contributed by atoms with van der Waals surface area (Å²) >= 11 is 0. The Morgan fingerprint density at radius 1 is 1.47 bits per heavy atom. The van der Waals surface area contributed by atoms with E-state index in [1.807, 2.05) is 0 Å². The number of carbonyl (C=O) groups excluding carboxylic acids is 1. The van der Waals surface area contributed by atoms with Crippen LogP contribution in [0.1, 0.15) is 19.8 Å². The Kier molecular flexibility index (Phi) is 3.40. The molecule has 1 aromatic rings. The second kappa shape index (κ2) is 4.39. The lowest BCUT2D eigenvalue weighted by Crippen LogP contribution is -2.06. The Bertz CT molecular complexity index is 450. The summed E-state index contributed by atoms with van der Waals surface area (Å²) in [7, 11) is -3.56. The molecule has 0 atom stereocenters. The highest BCUT2D eigenvalue weighted by Gasteiger charge is 2.18. The summed E-state index contributed by atoms with van der Waals surface area (Å²) in [5.41, 5.74) is 0. The minimum absolute atomic E-state index is 0.205. The van der Waals surface area contributed by atoms with Crippen molar-refractivity contribution in [3.05, 3.63) is 0 Å². The van der Waals surface area contributed by atoms with Gasteiger partial charge in [0.1, 0.15) is 0 Å². The molecule has 1 heterocycles. The number of nitrogens with zero attached hydrogens (tertiary/aromatic N) is 2. The molecule has 7 nitrogen and oxygen atoms in total. The lowest BCUT2D eigenvalue weighted by molar-refractivity contribution is -0.136. The van der Waals surface area contributed by atoms with Gasteiger partial charge in [-0.1, -0.05) is 17.1 Å². The molecule has 1 rings (SSSR count). The van der Waals surface area contributed by atoms with E-state index in [0.29, 0.717) is 6.42 Å². The van der Waals surface area contributed by atoms with Gasteiger partial charge >= 0.3 is 17.3 Å². The second-order valence-electron chi connectivity index (χ2n) is 2.83. The molecular weight excluding hydrogens is 224 g/mol. The van der Waals surface area contributed by atoms with Crippen LogP contribution in [-0.2, 0) is 14.6 Å². The molecule has 15 heavy (non-hydrogen) atoms. The first-order valence-electron chi connectivity index (χ1n) is 4.17. The fraction of sp³-hybridized carbons (Fsp3) is 0.571. The van der Waals surface area contributed by atoms with Crippen molar-refractivity contribution < 1.29 is 22.4 Å². The number of esters is 1. The minimum atomic E-state index is -3.56. The van der Waals surface area contributed by atoms with E-state index in [1.54, 1.807) is 6.92 Å². The zero-order chi connectivity index (χ0) is 11.5. The number of rotatable bonds is 4. The largest absolute Gasteiger partial charge is 0.423 e. The van der Waals surface area contributed by atoms with Gasteiger partial charge in [0.15, 0.2) is 0 Å². The normalized spacial score (nSPS) is 11.3. The lowest BCUT2D eigenvalue weighted by atomic mass is 10.3. The van der Waals surface area contributed by atoms with Crippen LogP contribution in [0.2, 0.25) is 0 Å². The van der Waals surface area contributed by atoms with Gasteiger partial charge in [-0.3, -0.25) is 4.79 Å². The van der Waals surface area contributed by atoms with Gasteiger partial charge in [-0.25, -0.2) is 8.42 Å². The molecule has 1 aromatic heterocycles. The predicted octanol–water partition coefficient (Wildman–Crippen LogP) is 0.179. The molecule has 0 bridgehead atoms. The number of hydrogen-bond acceptors (Lipinski definition) is 7. The minimum Gasteiger partial charge on any atom is -0.379 e. The van der Waals surface area contributed by atoms with Crippen molar-refractivity contribution in [3.8, 4) is 6.08 Å². The van der Waals surface area contributed by atoms with E-state index in [1.165, 1.54) is 0 Å². The fourth-order valence-corrected chi connectivity index (χ4v) is 1.15. The lowest BCUT2D eigenvalue weighted by Gasteiger charge is -1.94. The average Bonchev–Trinajstić information content (AvgIpc) is 2.52. The Morgan fingerprint density at radius 3 is 2.60 bits per heavy atom. The van der Waals surface area contributed by atoms with Crippen LogP contribution >= 0.6 is 0 Å². The Morgan fingerprint density at radius 2 is 2.13 bits per heavy atom. The molecule has 0 aromatic carbocycles. The third kappa shape index (κ3) is 3.31. The highest BCUT2D eigenvalue weighted by atomic mass is 32.2. The van der Waals surface area contributed by atoms with Gasteiger partial charge in [0.05, 0.1) is 0 Å². The van der Waals surface area contributed by atoms with Crippen LogP contribution in [-0.4, -0.2) is 30.8 Å². The summed E-state index contributed by atoms with van der Waals surface area (Å²) in [6, 6.07) is 0. The summed E-state index contributed by atoms with van der Waals surface area (Å²) in [5, 5.41) is 5.92. The first kappa shape index (κ1) is 11.6. The second-order valence-corrected chi connectivity index (χ2v) is 4.72. The van der Waals surface area contributed by atoms with Crippen LogP contribution in [0, 0.1) is 0 Å². The van der Waals surface area contributed by atoms with Gasteiger partial charge in [-0.2, -0.15) is 0 Å². The first-order valence-corrected chi connectivity index (χ1v) is 6.07. The van der Waals surface area contributed by atoms with Gasteiger partial charge in [-0.05, 0) is 6.42 Å². The molecule has 0 saturated carbocycles. The molecule has 0 saturated heterocycles. The maximum absolute atomic E-state index is 11.0. The van der Waals surface area contributed by atoms with Gasteiger partial charge in [0.2, 0.25) is 9.84 Å². The molecule has 84 valence electrons. The molecular formula is C7H10N2O5S. The summed E-state index contributed by atoms with van der Waals surface area (Å²) in [5.74, 6) is -0.541. The summed E-state index contributed by atoms with van der Waals surface area (Å²) in [4.78, 5) is 11.0. The maximum Gasteiger partial charge on any atom is 0.423 e. The van der Waals surface area contributed by atoms with Gasteiger partial charge in [0, 0.05) is 12.7 Å². The predicted molar refractivity (Wildman–Crippen MR) is 48.0 cm³/mol. The van der Waals surface area contributed by atoms with Crippen LogP contribution < -0.4 is 4.74 Å². The van der Waals surface area contributed by atoms with Crippen molar-refractivity contribution in [1.29, 1.82) is 0 Å².